The van der Waals surface area contributed by atoms with Crippen molar-refractivity contribution in [2.45, 2.75) is 92.1 Å². The first-order valence-corrected chi connectivity index (χ1v) is 10.8. The maximum Gasteiger partial charge on any atom is 0.133 e. The topological polar surface area (TPSA) is 75.4 Å². The fraction of sp³-hybridized carbons (Fsp3) is 0.640. The van der Waals surface area contributed by atoms with Crippen molar-refractivity contribution in [3.8, 4) is 0 Å². The third-order valence-corrected chi connectivity index (χ3v) is 5.42. The lowest BCUT2D eigenvalue weighted by molar-refractivity contribution is -0.120. The van der Waals surface area contributed by atoms with E-state index in [0.29, 0.717) is 24.5 Å². The molecule has 0 saturated heterocycles. The first-order valence-electron chi connectivity index (χ1n) is 10.8. The predicted molar refractivity (Wildman–Crippen MR) is 123 cm³/mol. The average Bonchev–Trinajstić information content (AvgIpc) is 2.51. The van der Waals surface area contributed by atoms with Crippen molar-refractivity contribution >= 4 is 5.78 Å². The summed E-state index contributed by atoms with van der Waals surface area (Å²) in [5.41, 5.74) is 5.93. The molecule has 0 radical (unpaired) electrons. The van der Waals surface area contributed by atoms with Gasteiger partial charge in [0.2, 0.25) is 0 Å². The standard InChI is InChI=1S/C25H42N2O2/c1-18(10-8-13-22(28)17-24(3,4)5)23(20-11-9-12-20)19(2)16-21(14-15-27-26)25(6,7)29/h14-16,20,27,29H,1,8-13,17,26H2,2-7H3/b15-14-,21-16+,23-19-. The molecule has 1 aliphatic carbocycles. The number of aliphatic hydroxyl groups is 1. The minimum absolute atomic E-state index is 0.0475. The highest BCUT2D eigenvalue weighted by atomic mass is 16.3. The molecule has 4 nitrogen and oxygen atoms in total. The Labute approximate surface area is 178 Å². The van der Waals surface area contributed by atoms with Gasteiger partial charge in [0.15, 0.2) is 0 Å². The molecule has 0 aromatic carbocycles. The molecule has 0 bridgehead atoms. The smallest absolute Gasteiger partial charge is 0.133 e. The average molecular weight is 403 g/mol. The van der Waals surface area contributed by atoms with E-state index >= 15 is 0 Å². The number of rotatable bonds is 11. The molecular weight excluding hydrogens is 360 g/mol. The normalized spacial score (nSPS) is 17.2. The first kappa shape index (κ1) is 25.4. The van der Waals surface area contributed by atoms with Gasteiger partial charge in [0, 0.05) is 19.0 Å². The number of hydrogen-bond acceptors (Lipinski definition) is 4. The molecule has 0 spiro atoms. The number of ketones is 1. The van der Waals surface area contributed by atoms with E-state index in [2.05, 4.69) is 39.7 Å². The number of carbonyl (C=O) groups excluding carboxylic acids is 1. The third kappa shape index (κ3) is 9.14. The first-order chi connectivity index (χ1) is 13.3. The molecule has 29 heavy (non-hydrogen) atoms. The lowest BCUT2D eigenvalue weighted by Gasteiger charge is -2.31. The van der Waals surface area contributed by atoms with E-state index in [9.17, 15) is 9.90 Å². The van der Waals surface area contributed by atoms with Crippen molar-refractivity contribution in [1.29, 1.82) is 0 Å². The van der Waals surface area contributed by atoms with Crippen molar-refractivity contribution in [3.63, 3.8) is 0 Å². The molecular formula is C25H42N2O2. The van der Waals surface area contributed by atoms with Crippen molar-refractivity contribution < 1.29 is 9.90 Å². The van der Waals surface area contributed by atoms with Crippen molar-refractivity contribution in [2.24, 2.45) is 17.2 Å². The Morgan fingerprint density at radius 3 is 2.28 bits per heavy atom. The number of nitrogens with one attached hydrogen (secondary N) is 1. The monoisotopic (exact) mass is 402 g/mol. The molecule has 4 heteroatoms. The second-order valence-electron chi connectivity index (χ2n) is 10.1. The molecule has 0 heterocycles. The van der Waals surface area contributed by atoms with Gasteiger partial charge >= 0.3 is 0 Å². The van der Waals surface area contributed by atoms with E-state index in [4.69, 9.17) is 5.84 Å². The van der Waals surface area contributed by atoms with Gasteiger partial charge < -0.3 is 10.5 Å². The van der Waals surface area contributed by atoms with Crippen LogP contribution in [0.3, 0.4) is 0 Å². The minimum Gasteiger partial charge on any atom is -0.386 e. The van der Waals surface area contributed by atoms with Crippen LogP contribution in [0.5, 0.6) is 0 Å². The number of Topliss-reactive ketones (excluding diaryl/α,β-unsaturated/α-hetero) is 1. The van der Waals surface area contributed by atoms with Gasteiger partial charge in [-0.15, -0.1) is 0 Å². The Bertz CT molecular complexity index is 666. The van der Waals surface area contributed by atoms with E-state index < -0.39 is 5.60 Å². The van der Waals surface area contributed by atoms with Gasteiger partial charge in [-0.3, -0.25) is 10.6 Å². The van der Waals surface area contributed by atoms with Gasteiger partial charge in [0.1, 0.15) is 5.78 Å². The summed E-state index contributed by atoms with van der Waals surface area (Å²) in [7, 11) is 0. The van der Waals surface area contributed by atoms with Crippen LogP contribution in [0.2, 0.25) is 0 Å². The summed E-state index contributed by atoms with van der Waals surface area (Å²) in [6.45, 7) is 16.3. The molecule has 0 unspecified atom stereocenters. The molecule has 0 aliphatic heterocycles. The zero-order valence-electron chi connectivity index (χ0n) is 19.4. The number of nitrogens with two attached hydrogens (primary N) is 1. The van der Waals surface area contributed by atoms with Crippen LogP contribution >= 0.6 is 0 Å². The maximum absolute atomic E-state index is 12.2. The SMILES string of the molecule is C=C(CCCC(=O)CC(C)(C)C)/C(=C(C)/C=C(\C=C/NN)C(C)(C)O)C1CCC1. The molecule has 1 saturated carbocycles. The number of carbonyl (C=O) groups is 1. The zero-order valence-corrected chi connectivity index (χ0v) is 19.4. The lowest BCUT2D eigenvalue weighted by atomic mass is 9.74. The largest absolute Gasteiger partial charge is 0.386 e. The predicted octanol–water partition coefficient (Wildman–Crippen LogP) is 5.51. The second-order valence-corrected chi connectivity index (χ2v) is 10.1. The van der Waals surface area contributed by atoms with E-state index in [0.717, 1.165) is 29.6 Å². The summed E-state index contributed by atoms with van der Waals surface area (Å²) in [5, 5.41) is 10.5. The van der Waals surface area contributed by atoms with Gasteiger partial charge in [-0.2, -0.15) is 0 Å². The fourth-order valence-corrected chi connectivity index (χ4v) is 3.78. The summed E-state index contributed by atoms with van der Waals surface area (Å²) in [5.74, 6) is 6.22. The van der Waals surface area contributed by atoms with Gasteiger partial charge in [-0.1, -0.05) is 45.4 Å². The Hall–Kier alpha value is -1.65. The maximum atomic E-state index is 12.2. The van der Waals surface area contributed by atoms with Crippen LogP contribution in [0, 0.1) is 11.3 Å². The van der Waals surface area contributed by atoms with Crippen LogP contribution in [0.1, 0.15) is 86.5 Å². The van der Waals surface area contributed by atoms with Crippen LogP contribution in [0.4, 0.5) is 0 Å². The Morgan fingerprint density at radius 1 is 1.21 bits per heavy atom. The van der Waals surface area contributed by atoms with E-state index in [1.165, 1.54) is 24.8 Å². The van der Waals surface area contributed by atoms with Gasteiger partial charge in [-0.05, 0) is 80.6 Å². The Morgan fingerprint density at radius 2 is 1.83 bits per heavy atom. The molecule has 1 fully saturated rings. The van der Waals surface area contributed by atoms with Crippen molar-refractivity contribution in [3.05, 3.63) is 47.2 Å². The highest BCUT2D eigenvalue weighted by Gasteiger charge is 2.26. The van der Waals surface area contributed by atoms with Gasteiger partial charge in [0.25, 0.3) is 0 Å². The fourth-order valence-electron chi connectivity index (χ4n) is 3.78. The van der Waals surface area contributed by atoms with E-state index in [1.54, 1.807) is 26.1 Å². The Balaban J connectivity index is 2.97. The molecule has 1 aliphatic rings. The summed E-state index contributed by atoms with van der Waals surface area (Å²) >= 11 is 0. The van der Waals surface area contributed by atoms with Crippen LogP contribution < -0.4 is 11.3 Å². The van der Waals surface area contributed by atoms with E-state index in [-0.39, 0.29) is 5.41 Å². The number of allylic oxidation sites excluding steroid dienone is 4. The quantitative estimate of drug-likeness (QED) is 0.242. The molecule has 0 aromatic heterocycles. The van der Waals surface area contributed by atoms with Crippen molar-refractivity contribution in [1.82, 2.24) is 5.43 Å². The lowest BCUT2D eigenvalue weighted by Crippen LogP contribution is -2.22. The number of hydrazine groups is 1. The molecule has 164 valence electrons. The molecule has 0 aromatic rings. The van der Waals surface area contributed by atoms with Gasteiger partial charge in [-0.25, -0.2) is 0 Å². The second kappa shape index (κ2) is 10.9. The molecule has 4 N–H and O–H groups in total. The zero-order chi connectivity index (χ0) is 22.2. The highest BCUT2D eigenvalue weighted by molar-refractivity contribution is 5.78. The third-order valence-electron chi connectivity index (χ3n) is 5.42. The molecule has 0 atom stereocenters. The summed E-state index contributed by atoms with van der Waals surface area (Å²) in [6.07, 6.45) is 12.0. The highest BCUT2D eigenvalue weighted by Crippen LogP contribution is 2.40. The van der Waals surface area contributed by atoms with Gasteiger partial charge in [0.05, 0.1) is 5.60 Å². The van der Waals surface area contributed by atoms with Crippen LogP contribution in [0.25, 0.3) is 0 Å². The van der Waals surface area contributed by atoms with Crippen LogP contribution in [-0.4, -0.2) is 16.5 Å². The van der Waals surface area contributed by atoms with Crippen LogP contribution in [0.15, 0.2) is 47.2 Å². The Kier molecular flexibility index (Phi) is 9.57. The molecule has 0 amide bonds. The van der Waals surface area contributed by atoms with Crippen molar-refractivity contribution in [2.75, 3.05) is 0 Å². The minimum atomic E-state index is -0.972. The summed E-state index contributed by atoms with van der Waals surface area (Å²) < 4.78 is 0. The van der Waals surface area contributed by atoms with E-state index in [1.807, 2.05) is 6.08 Å². The summed E-state index contributed by atoms with van der Waals surface area (Å²) in [4.78, 5) is 12.2. The van der Waals surface area contributed by atoms with Crippen LogP contribution in [-0.2, 0) is 4.79 Å². The molecule has 1 rings (SSSR count). The summed E-state index contributed by atoms with van der Waals surface area (Å²) in [6, 6.07) is 0. The number of hydrogen-bond donors (Lipinski definition) is 3.